The summed E-state index contributed by atoms with van der Waals surface area (Å²) in [6.07, 6.45) is 0. The van der Waals surface area contributed by atoms with Crippen LogP contribution < -0.4 is 5.73 Å². The molecular formula is C7H8N2O2S. The van der Waals surface area contributed by atoms with Gasteiger partial charge in [0.1, 0.15) is 5.75 Å². The zero-order valence-electron chi connectivity index (χ0n) is 6.10. The van der Waals surface area contributed by atoms with Gasteiger partial charge in [0.15, 0.2) is 5.84 Å². The predicted octanol–water partition coefficient (Wildman–Crippen LogP) is 0.775. The number of phenols is 1. The highest BCUT2D eigenvalue weighted by atomic mass is 32.1. The summed E-state index contributed by atoms with van der Waals surface area (Å²) in [6, 6.07) is 4.47. The number of nitrogens with zero attached hydrogens (tertiary/aromatic N) is 1. The van der Waals surface area contributed by atoms with Gasteiger partial charge in [0.2, 0.25) is 0 Å². The van der Waals surface area contributed by atoms with E-state index in [4.69, 9.17) is 16.0 Å². The normalized spacial score (nSPS) is 11.6. The zero-order chi connectivity index (χ0) is 9.14. The first-order valence-corrected chi connectivity index (χ1v) is 3.59. The summed E-state index contributed by atoms with van der Waals surface area (Å²) in [7, 11) is 0. The molecule has 0 aromatic heterocycles. The molecule has 0 aliphatic heterocycles. The summed E-state index contributed by atoms with van der Waals surface area (Å²) in [5.41, 5.74) is 5.81. The molecular weight excluding hydrogens is 176 g/mol. The van der Waals surface area contributed by atoms with Crippen molar-refractivity contribution in [1.82, 2.24) is 0 Å². The Kier molecular flexibility index (Phi) is 2.44. The second-order valence-corrected chi connectivity index (χ2v) is 2.67. The first kappa shape index (κ1) is 8.73. The SMILES string of the molecule is NC(=NO)c1ccc(O)c(S)c1. The molecule has 0 aliphatic carbocycles. The fraction of sp³-hybridized carbons (Fsp3) is 0. The Bertz CT molecular complexity index is 325. The number of hydrogen-bond donors (Lipinski definition) is 4. The predicted molar refractivity (Wildman–Crippen MR) is 47.9 cm³/mol. The topological polar surface area (TPSA) is 78.8 Å². The fourth-order valence-corrected chi connectivity index (χ4v) is 0.954. The van der Waals surface area contributed by atoms with Gasteiger partial charge in [-0.2, -0.15) is 0 Å². The van der Waals surface area contributed by atoms with Gasteiger partial charge in [-0.1, -0.05) is 5.16 Å². The molecule has 0 saturated carbocycles. The number of benzene rings is 1. The van der Waals surface area contributed by atoms with Crippen molar-refractivity contribution in [2.75, 3.05) is 0 Å². The first-order chi connectivity index (χ1) is 5.65. The lowest BCUT2D eigenvalue weighted by molar-refractivity contribution is 0.318. The molecule has 0 amide bonds. The molecule has 4 N–H and O–H groups in total. The van der Waals surface area contributed by atoms with E-state index in [0.717, 1.165) is 0 Å². The number of amidine groups is 1. The minimum absolute atomic E-state index is 0.00898. The van der Waals surface area contributed by atoms with Crippen molar-refractivity contribution in [3.05, 3.63) is 23.8 Å². The molecule has 0 aliphatic rings. The van der Waals surface area contributed by atoms with Crippen molar-refractivity contribution in [2.45, 2.75) is 4.90 Å². The minimum Gasteiger partial charge on any atom is -0.507 e. The van der Waals surface area contributed by atoms with E-state index in [1.165, 1.54) is 18.2 Å². The summed E-state index contributed by atoms with van der Waals surface area (Å²) in [6.45, 7) is 0. The Morgan fingerprint density at radius 3 is 2.67 bits per heavy atom. The van der Waals surface area contributed by atoms with Crippen molar-refractivity contribution >= 4 is 18.5 Å². The van der Waals surface area contributed by atoms with Crippen LogP contribution in [0.5, 0.6) is 5.75 Å². The molecule has 0 atom stereocenters. The highest BCUT2D eigenvalue weighted by Gasteiger charge is 2.01. The van der Waals surface area contributed by atoms with Crippen molar-refractivity contribution in [3.63, 3.8) is 0 Å². The van der Waals surface area contributed by atoms with Crippen molar-refractivity contribution in [1.29, 1.82) is 0 Å². The minimum atomic E-state index is -0.00898. The molecule has 0 radical (unpaired) electrons. The summed E-state index contributed by atoms with van der Waals surface area (Å²) in [5.74, 6) is 0.0538. The number of aromatic hydroxyl groups is 1. The maximum absolute atomic E-state index is 9.08. The van der Waals surface area contributed by atoms with Gasteiger partial charge in [-0.25, -0.2) is 0 Å². The van der Waals surface area contributed by atoms with Gasteiger partial charge in [0.25, 0.3) is 0 Å². The van der Waals surface area contributed by atoms with Crippen molar-refractivity contribution < 1.29 is 10.3 Å². The number of hydrogen-bond acceptors (Lipinski definition) is 4. The third-order valence-corrected chi connectivity index (χ3v) is 1.74. The highest BCUT2D eigenvalue weighted by molar-refractivity contribution is 7.80. The zero-order valence-corrected chi connectivity index (χ0v) is 6.99. The monoisotopic (exact) mass is 184 g/mol. The van der Waals surface area contributed by atoms with Gasteiger partial charge in [-0.3, -0.25) is 0 Å². The van der Waals surface area contributed by atoms with Crippen LogP contribution in [0.25, 0.3) is 0 Å². The van der Waals surface area contributed by atoms with Crippen molar-refractivity contribution in [3.8, 4) is 5.75 Å². The fourth-order valence-electron chi connectivity index (χ4n) is 0.740. The molecule has 12 heavy (non-hydrogen) atoms. The van der Waals surface area contributed by atoms with Crippen LogP contribution in [0, 0.1) is 0 Å². The van der Waals surface area contributed by atoms with E-state index in [0.29, 0.717) is 10.5 Å². The van der Waals surface area contributed by atoms with Crippen molar-refractivity contribution in [2.24, 2.45) is 10.9 Å². The Morgan fingerprint density at radius 1 is 1.50 bits per heavy atom. The largest absolute Gasteiger partial charge is 0.507 e. The molecule has 0 spiro atoms. The summed E-state index contributed by atoms with van der Waals surface area (Å²) in [4.78, 5) is 0.388. The molecule has 0 fully saturated rings. The molecule has 0 unspecified atom stereocenters. The average Bonchev–Trinajstić information content (AvgIpc) is 2.08. The molecule has 5 heteroatoms. The van der Waals surface area contributed by atoms with Crippen LogP contribution in [0.15, 0.2) is 28.3 Å². The summed E-state index contributed by atoms with van der Waals surface area (Å²) in [5, 5.41) is 20.2. The highest BCUT2D eigenvalue weighted by Crippen LogP contribution is 2.21. The maximum Gasteiger partial charge on any atom is 0.170 e. The molecule has 64 valence electrons. The van der Waals surface area contributed by atoms with Crippen LogP contribution in [0.3, 0.4) is 0 Å². The lowest BCUT2D eigenvalue weighted by Gasteiger charge is -2.00. The number of phenolic OH excluding ortho intramolecular Hbond substituents is 1. The molecule has 0 heterocycles. The quantitative estimate of drug-likeness (QED) is 0.171. The molecule has 0 bridgehead atoms. The van der Waals surface area contributed by atoms with Crippen LogP contribution in [-0.4, -0.2) is 16.1 Å². The van der Waals surface area contributed by atoms with E-state index in [2.05, 4.69) is 17.8 Å². The number of thiol groups is 1. The third kappa shape index (κ3) is 1.62. The van der Waals surface area contributed by atoms with Gasteiger partial charge < -0.3 is 16.0 Å². The first-order valence-electron chi connectivity index (χ1n) is 3.15. The number of oxime groups is 1. The smallest absolute Gasteiger partial charge is 0.170 e. The van der Waals surface area contributed by atoms with Gasteiger partial charge in [-0.05, 0) is 18.2 Å². The van der Waals surface area contributed by atoms with E-state index in [1.54, 1.807) is 0 Å². The molecule has 0 saturated heterocycles. The Morgan fingerprint density at radius 2 is 2.17 bits per heavy atom. The molecule has 4 nitrogen and oxygen atoms in total. The third-order valence-electron chi connectivity index (χ3n) is 1.38. The second-order valence-electron chi connectivity index (χ2n) is 2.19. The van der Waals surface area contributed by atoms with Crippen LogP contribution in [0.1, 0.15) is 5.56 Å². The van der Waals surface area contributed by atoms with E-state index >= 15 is 0 Å². The van der Waals surface area contributed by atoms with E-state index in [-0.39, 0.29) is 11.6 Å². The van der Waals surface area contributed by atoms with Crippen LogP contribution in [-0.2, 0) is 0 Å². The number of rotatable bonds is 1. The van der Waals surface area contributed by atoms with Gasteiger partial charge in [0, 0.05) is 10.5 Å². The van der Waals surface area contributed by atoms with Gasteiger partial charge >= 0.3 is 0 Å². The van der Waals surface area contributed by atoms with E-state index in [1.807, 2.05) is 0 Å². The lowest BCUT2D eigenvalue weighted by Crippen LogP contribution is -2.12. The Labute approximate surface area is 74.7 Å². The maximum atomic E-state index is 9.08. The number of nitrogens with two attached hydrogens (primary N) is 1. The Balaban J connectivity index is 3.13. The summed E-state index contributed by atoms with van der Waals surface area (Å²) >= 11 is 3.96. The van der Waals surface area contributed by atoms with Gasteiger partial charge in [0.05, 0.1) is 0 Å². The molecule has 1 rings (SSSR count). The average molecular weight is 184 g/mol. The standard InChI is InChI=1S/C7H8N2O2S/c8-7(9-11)4-1-2-5(10)6(12)3-4/h1-3,10-12H,(H2,8,9). The lowest BCUT2D eigenvalue weighted by atomic mass is 10.2. The van der Waals surface area contributed by atoms with Crippen LogP contribution in [0.2, 0.25) is 0 Å². The second kappa shape index (κ2) is 3.36. The summed E-state index contributed by atoms with van der Waals surface area (Å²) < 4.78 is 0. The Hall–Kier alpha value is -1.36. The molecule has 1 aromatic carbocycles. The van der Waals surface area contributed by atoms with Gasteiger partial charge in [-0.15, -0.1) is 12.6 Å². The van der Waals surface area contributed by atoms with E-state index < -0.39 is 0 Å². The van der Waals surface area contributed by atoms with Crippen LogP contribution in [0.4, 0.5) is 0 Å². The van der Waals surface area contributed by atoms with E-state index in [9.17, 15) is 0 Å². The van der Waals surface area contributed by atoms with Crippen LogP contribution >= 0.6 is 12.6 Å². The molecule has 1 aromatic rings.